The monoisotopic (exact) mass is 241 g/mol. The van der Waals surface area contributed by atoms with Crippen molar-refractivity contribution >= 4 is 19.7 Å². The van der Waals surface area contributed by atoms with Crippen LogP contribution in [0.1, 0.15) is 13.8 Å². The van der Waals surface area contributed by atoms with Crippen LogP contribution in [0.2, 0.25) is 0 Å². The van der Waals surface area contributed by atoms with Crippen molar-refractivity contribution in [3.05, 3.63) is 24.2 Å². The average Bonchev–Trinajstić information content (AvgIpc) is 2.09. The zero-order valence-electron chi connectivity index (χ0n) is 8.24. The summed E-state index contributed by atoms with van der Waals surface area (Å²) >= 11 is 0. The van der Waals surface area contributed by atoms with Crippen LogP contribution < -0.4 is 0 Å². The molecule has 0 saturated heterocycles. The summed E-state index contributed by atoms with van der Waals surface area (Å²) in [4.78, 5) is 0.947. The Kier molecular flexibility index (Phi) is 5.15. The summed E-state index contributed by atoms with van der Waals surface area (Å²) < 4.78 is 35.2. The van der Waals surface area contributed by atoms with E-state index in [1.165, 1.54) is 32.2 Å². The van der Waals surface area contributed by atoms with Crippen LogP contribution in [0.4, 0.5) is 4.39 Å². The Balaban J connectivity index is 5.05. The van der Waals surface area contributed by atoms with Gasteiger partial charge in [0.05, 0.1) is 0 Å². The van der Waals surface area contributed by atoms with Crippen LogP contribution in [0.3, 0.4) is 0 Å². The average molecular weight is 242 g/mol. The maximum atomic E-state index is 13.1. The van der Waals surface area contributed by atoms with Gasteiger partial charge in [0.15, 0.2) is 11.3 Å². The van der Waals surface area contributed by atoms with E-state index in [-0.39, 0.29) is 0 Å². The van der Waals surface area contributed by atoms with E-state index < -0.39 is 20.4 Å². The summed E-state index contributed by atoms with van der Waals surface area (Å²) in [6, 6.07) is 0. The third-order valence-electron chi connectivity index (χ3n) is 1.60. The second-order valence-corrected chi connectivity index (χ2v) is 5.34. The molecule has 0 fully saturated rings. The molecule has 0 heterocycles. The van der Waals surface area contributed by atoms with Crippen molar-refractivity contribution in [2.24, 2.45) is 0 Å². The van der Waals surface area contributed by atoms with E-state index in [4.69, 9.17) is 10.7 Å². The van der Waals surface area contributed by atoms with Gasteiger partial charge in [-0.05, 0) is 26.0 Å². The molecule has 14 heavy (non-hydrogen) atoms. The molecule has 0 aromatic heterocycles. The van der Waals surface area contributed by atoms with Crippen molar-refractivity contribution in [3.8, 4) is 0 Å². The Bertz CT molecular complexity index is 337. The van der Waals surface area contributed by atoms with E-state index in [2.05, 4.69) is 0 Å². The first kappa shape index (κ1) is 13.4. The van der Waals surface area contributed by atoms with Gasteiger partial charge in [0.1, 0.15) is 0 Å². The van der Waals surface area contributed by atoms with Gasteiger partial charge in [-0.25, -0.2) is 8.42 Å². The van der Waals surface area contributed by atoms with Crippen LogP contribution >= 0.6 is 10.7 Å². The number of rotatable bonds is 4. The minimum Gasteiger partial charge on any atom is -0.331 e. The van der Waals surface area contributed by atoms with E-state index >= 15 is 0 Å². The third-order valence-corrected chi connectivity index (χ3v) is 3.20. The van der Waals surface area contributed by atoms with Gasteiger partial charge in [-0.3, -0.25) is 0 Å². The molecule has 6 heteroatoms. The molecule has 82 valence electrons. The molecule has 0 bridgehead atoms. The molecule has 0 aromatic rings. The predicted molar refractivity (Wildman–Crippen MR) is 56.0 cm³/mol. The van der Waals surface area contributed by atoms with Crippen LogP contribution in [0.25, 0.3) is 0 Å². The standard InChI is InChI=1S/C8H13ClFNO2S/c1-4-6-8(14(9,12)13)11(3)7(10)5-2/h4-6,8H,1-3H3/b6-4-,7-5-. The van der Waals surface area contributed by atoms with Crippen LogP contribution in [0.15, 0.2) is 24.2 Å². The highest BCUT2D eigenvalue weighted by Gasteiger charge is 2.25. The third kappa shape index (κ3) is 3.67. The van der Waals surface area contributed by atoms with Crippen molar-refractivity contribution in [3.63, 3.8) is 0 Å². The van der Waals surface area contributed by atoms with Crippen molar-refractivity contribution < 1.29 is 12.8 Å². The molecule has 3 nitrogen and oxygen atoms in total. The largest absolute Gasteiger partial charge is 0.331 e. The summed E-state index contributed by atoms with van der Waals surface area (Å²) in [6.45, 7) is 3.11. The Morgan fingerprint density at radius 2 is 2.00 bits per heavy atom. The lowest BCUT2D eigenvalue weighted by atomic mass is 10.4. The van der Waals surface area contributed by atoms with Gasteiger partial charge in [0.2, 0.25) is 0 Å². The summed E-state index contributed by atoms with van der Waals surface area (Å²) in [5, 5.41) is -1.18. The molecular formula is C8H13ClFNO2S. The quantitative estimate of drug-likeness (QED) is 0.430. The molecule has 0 aliphatic rings. The smallest absolute Gasteiger partial charge is 0.257 e. The number of hydrogen-bond acceptors (Lipinski definition) is 3. The fourth-order valence-electron chi connectivity index (χ4n) is 0.902. The normalized spacial score (nSPS) is 15.9. The van der Waals surface area contributed by atoms with E-state index in [1.54, 1.807) is 6.92 Å². The molecule has 0 aromatic carbocycles. The molecule has 0 radical (unpaired) electrons. The van der Waals surface area contributed by atoms with E-state index in [0.29, 0.717) is 0 Å². The first-order valence-electron chi connectivity index (χ1n) is 3.95. The highest BCUT2D eigenvalue weighted by atomic mass is 35.7. The molecule has 1 atom stereocenters. The van der Waals surface area contributed by atoms with Gasteiger partial charge in [-0.1, -0.05) is 6.08 Å². The lowest BCUT2D eigenvalue weighted by Crippen LogP contribution is -2.32. The van der Waals surface area contributed by atoms with Crippen LogP contribution in [0.5, 0.6) is 0 Å². The van der Waals surface area contributed by atoms with Crippen molar-refractivity contribution in [2.45, 2.75) is 19.2 Å². The van der Waals surface area contributed by atoms with Gasteiger partial charge in [0.25, 0.3) is 9.05 Å². The summed E-state index contributed by atoms with van der Waals surface area (Å²) in [6.07, 6.45) is 3.98. The molecule has 0 rings (SSSR count). The fourth-order valence-corrected chi connectivity index (χ4v) is 2.26. The second-order valence-electron chi connectivity index (χ2n) is 2.61. The van der Waals surface area contributed by atoms with Gasteiger partial charge in [-0.15, -0.1) is 0 Å². The number of likely N-dealkylation sites (N-methyl/N-ethyl adjacent to an activating group) is 1. The zero-order valence-corrected chi connectivity index (χ0v) is 9.81. The SMILES string of the molecule is C/C=C\C(N(C)/C(F)=C\C)S(=O)(=O)Cl. The first-order valence-corrected chi connectivity index (χ1v) is 6.32. The fraction of sp³-hybridized carbons (Fsp3) is 0.500. The second kappa shape index (κ2) is 5.36. The molecule has 0 amide bonds. The molecule has 0 spiro atoms. The topological polar surface area (TPSA) is 37.4 Å². The Morgan fingerprint density at radius 1 is 1.50 bits per heavy atom. The highest BCUT2D eigenvalue weighted by Crippen LogP contribution is 2.17. The Hall–Kier alpha value is -0.550. The first-order chi connectivity index (χ1) is 6.34. The van der Waals surface area contributed by atoms with Gasteiger partial charge < -0.3 is 4.90 Å². The van der Waals surface area contributed by atoms with Crippen LogP contribution in [-0.2, 0) is 9.05 Å². The molecule has 0 saturated carbocycles. The van der Waals surface area contributed by atoms with Crippen molar-refractivity contribution in [1.82, 2.24) is 4.90 Å². The lowest BCUT2D eigenvalue weighted by molar-refractivity contribution is 0.320. The van der Waals surface area contributed by atoms with E-state index in [9.17, 15) is 12.8 Å². The zero-order chi connectivity index (χ0) is 11.4. The molecule has 0 N–H and O–H groups in total. The Morgan fingerprint density at radius 3 is 2.29 bits per heavy atom. The van der Waals surface area contributed by atoms with E-state index in [0.717, 1.165) is 4.90 Å². The lowest BCUT2D eigenvalue weighted by Gasteiger charge is -2.22. The van der Waals surface area contributed by atoms with Gasteiger partial charge in [0, 0.05) is 17.7 Å². The minimum atomic E-state index is -3.85. The number of halogens is 2. The maximum Gasteiger partial charge on any atom is 0.257 e. The predicted octanol–water partition coefficient (Wildman–Crippen LogP) is 2.22. The maximum absolute atomic E-state index is 13.1. The van der Waals surface area contributed by atoms with Gasteiger partial charge >= 0.3 is 0 Å². The molecular weight excluding hydrogens is 229 g/mol. The highest BCUT2D eigenvalue weighted by molar-refractivity contribution is 8.14. The summed E-state index contributed by atoms with van der Waals surface area (Å²) in [7, 11) is 2.63. The van der Waals surface area contributed by atoms with Crippen molar-refractivity contribution in [1.29, 1.82) is 0 Å². The Labute approximate surface area is 88.3 Å². The van der Waals surface area contributed by atoms with Crippen LogP contribution in [0, 0.1) is 0 Å². The number of hydrogen-bond donors (Lipinski definition) is 0. The molecule has 1 unspecified atom stereocenters. The molecule has 0 aliphatic carbocycles. The van der Waals surface area contributed by atoms with Crippen molar-refractivity contribution in [2.75, 3.05) is 7.05 Å². The number of allylic oxidation sites excluding steroid dienone is 2. The summed E-state index contributed by atoms with van der Waals surface area (Å²) in [5.74, 6) is -0.641. The van der Waals surface area contributed by atoms with E-state index in [1.807, 2.05) is 0 Å². The minimum absolute atomic E-state index is 0.641. The molecule has 0 aliphatic heterocycles. The number of nitrogens with zero attached hydrogens (tertiary/aromatic N) is 1. The van der Waals surface area contributed by atoms with Crippen LogP contribution in [-0.4, -0.2) is 25.7 Å². The summed E-state index contributed by atoms with van der Waals surface area (Å²) in [5.41, 5.74) is 0. The van der Waals surface area contributed by atoms with Gasteiger partial charge in [-0.2, -0.15) is 4.39 Å².